The summed E-state index contributed by atoms with van der Waals surface area (Å²) in [5, 5.41) is 9.95. The van der Waals surface area contributed by atoms with Gasteiger partial charge in [0.2, 0.25) is 5.95 Å². The molecule has 206 valence electrons. The van der Waals surface area contributed by atoms with E-state index in [1.54, 1.807) is 48.4 Å². The summed E-state index contributed by atoms with van der Waals surface area (Å²) in [6.07, 6.45) is -1.26. The minimum atomic E-state index is -4.57. The van der Waals surface area contributed by atoms with Crippen LogP contribution in [0.3, 0.4) is 0 Å². The molecule has 2 aromatic carbocycles. The molecule has 1 aliphatic heterocycles. The number of carbonyl (C=O) groups is 2. The number of amides is 3. The van der Waals surface area contributed by atoms with Crippen molar-refractivity contribution in [3.63, 3.8) is 0 Å². The highest BCUT2D eigenvalue weighted by Crippen LogP contribution is 2.34. The summed E-state index contributed by atoms with van der Waals surface area (Å²) >= 11 is 0. The zero-order valence-electron chi connectivity index (χ0n) is 21.8. The summed E-state index contributed by atoms with van der Waals surface area (Å²) in [7, 11) is 1.61. The lowest BCUT2D eigenvalue weighted by Gasteiger charge is -2.35. The molecule has 0 unspecified atom stereocenters. The highest BCUT2D eigenvalue weighted by Gasteiger charge is 2.32. The minimum absolute atomic E-state index is 0.136. The number of alkyl halides is 3. The molecule has 0 saturated heterocycles. The van der Waals surface area contributed by atoms with Crippen LogP contribution in [0.25, 0.3) is 0 Å². The third-order valence-electron chi connectivity index (χ3n) is 6.47. The van der Waals surface area contributed by atoms with Gasteiger partial charge in [-0.25, -0.2) is 14.5 Å². The highest BCUT2D eigenvalue weighted by atomic mass is 19.4. The molecule has 5 rings (SSSR count). The first-order chi connectivity index (χ1) is 19.0. The van der Waals surface area contributed by atoms with E-state index in [0.717, 1.165) is 17.7 Å². The first-order valence-electron chi connectivity index (χ1n) is 12.3. The first-order valence-corrected chi connectivity index (χ1v) is 12.3. The van der Waals surface area contributed by atoms with Crippen LogP contribution in [0.15, 0.2) is 60.9 Å². The molecule has 0 atom stereocenters. The van der Waals surface area contributed by atoms with Crippen molar-refractivity contribution in [1.29, 1.82) is 0 Å². The fourth-order valence-electron chi connectivity index (χ4n) is 4.38. The second kappa shape index (κ2) is 10.3. The average Bonchev–Trinajstić information content (AvgIpc) is 3.38. The van der Waals surface area contributed by atoms with Crippen LogP contribution in [0.5, 0.6) is 0 Å². The number of halogens is 3. The fraction of sp³-hybridized carbons (Fsp3) is 0.222. The van der Waals surface area contributed by atoms with Gasteiger partial charge in [-0.1, -0.05) is 12.1 Å². The summed E-state index contributed by atoms with van der Waals surface area (Å²) < 4.78 is 41.0. The Morgan fingerprint density at radius 1 is 1.12 bits per heavy atom. The van der Waals surface area contributed by atoms with E-state index in [2.05, 4.69) is 25.7 Å². The van der Waals surface area contributed by atoms with Crippen LogP contribution in [-0.4, -0.2) is 38.7 Å². The lowest BCUT2D eigenvalue weighted by Crippen LogP contribution is -2.46. The number of carbonyl (C=O) groups excluding carboxylic acids is 2. The van der Waals surface area contributed by atoms with Gasteiger partial charge in [-0.05, 0) is 49.7 Å². The molecule has 40 heavy (non-hydrogen) atoms. The van der Waals surface area contributed by atoms with E-state index >= 15 is 0 Å². The van der Waals surface area contributed by atoms with Crippen LogP contribution in [0.4, 0.5) is 46.9 Å². The predicted molar refractivity (Wildman–Crippen MR) is 144 cm³/mol. The van der Waals surface area contributed by atoms with E-state index in [-0.39, 0.29) is 18.1 Å². The number of nitrogens with zero attached hydrogens (tertiary/aromatic N) is 6. The van der Waals surface area contributed by atoms with Gasteiger partial charge in [-0.15, -0.1) is 0 Å². The number of nitrogens with one attached hydrogen (secondary N) is 2. The third-order valence-corrected chi connectivity index (χ3v) is 6.47. The molecule has 4 aromatic rings. The molecular formula is C27H25F3N8O2. The van der Waals surface area contributed by atoms with Crippen LogP contribution < -0.4 is 20.4 Å². The minimum Gasteiger partial charge on any atom is -0.322 e. The van der Waals surface area contributed by atoms with Gasteiger partial charge in [0.25, 0.3) is 5.91 Å². The lowest BCUT2D eigenvalue weighted by molar-refractivity contribution is -0.137. The summed E-state index contributed by atoms with van der Waals surface area (Å²) in [5.74, 6) is 0.783. The molecule has 0 radical (unpaired) electrons. The van der Waals surface area contributed by atoms with Crippen molar-refractivity contribution in [3.8, 4) is 0 Å². The van der Waals surface area contributed by atoms with Crippen molar-refractivity contribution in [1.82, 2.24) is 19.7 Å². The van der Waals surface area contributed by atoms with Gasteiger partial charge in [-0.2, -0.15) is 23.3 Å². The fourth-order valence-corrected chi connectivity index (χ4v) is 4.38. The Morgan fingerprint density at radius 3 is 2.67 bits per heavy atom. The smallest absolute Gasteiger partial charge is 0.322 e. The number of anilines is 5. The maximum Gasteiger partial charge on any atom is 0.416 e. The summed E-state index contributed by atoms with van der Waals surface area (Å²) in [4.78, 5) is 38.0. The normalized spacial score (nSPS) is 13.3. The van der Waals surface area contributed by atoms with Gasteiger partial charge in [-0.3, -0.25) is 14.6 Å². The van der Waals surface area contributed by atoms with E-state index < -0.39 is 17.6 Å². The number of hydrogen-bond donors (Lipinski definition) is 2. The molecule has 0 spiro atoms. The van der Waals surface area contributed by atoms with Crippen LogP contribution in [-0.2, 0) is 19.3 Å². The van der Waals surface area contributed by atoms with E-state index in [1.807, 2.05) is 13.8 Å². The van der Waals surface area contributed by atoms with Gasteiger partial charge in [0.05, 0.1) is 24.0 Å². The van der Waals surface area contributed by atoms with E-state index in [0.29, 0.717) is 41.1 Å². The van der Waals surface area contributed by atoms with Crippen LogP contribution >= 0.6 is 0 Å². The van der Waals surface area contributed by atoms with Gasteiger partial charge >= 0.3 is 12.2 Å². The Balaban J connectivity index is 1.38. The largest absolute Gasteiger partial charge is 0.416 e. The van der Waals surface area contributed by atoms with Crippen molar-refractivity contribution < 1.29 is 22.8 Å². The average molecular weight is 551 g/mol. The van der Waals surface area contributed by atoms with Gasteiger partial charge in [0.1, 0.15) is 11.6 Å². The second-order valence-electron chi connectivity index (χ2n) is 9.16. The zero-order chi connectivity index (χ0) is 28.6. The predicted octanol–water partition coefficient (Wildman–Crippen LogP) is 5.59. The zero-order valence-corrected chi connectivity index (χ0v) is 21.8. The number of aromatic nitrogens is 4. The van der Waals surface area contributed by atoms with E-state index in [1.165, 1.54) is 21.9 Å². The molecule has 2 N–H and O–H groups in total. The summed E-state index contributed by atoms with van der Waals surface area (Å²) in [5.41, 5.74) is 1.26. The van der Waals surface area contributed by atoms with Crippen molar-refractivity contribution >= 4 is 40.9 Å². The Hall–Kier alpha value is -4.94. The second-order valence-corrected chi connectivity index (χ2v) is 9.16. The van der Waals surface area contributed by atoms with Crippen molar-refractivity contribution in [2.45, 2.75) is 33.1 Å². The number of rotatable bonds is 6. The van der Waals surface area contributed by atoms with Gasteiger partial charge < -0.3 is 10.6 Å². The molecule has 3 amide bonds. The van der Waals surface area contributed by atoms with Crippen molar-refractivity contribution in [3.05, 3.63) is 83.2 Å². The SMILES string of the molecule is CCn1nccc1Nc1ncc2c(n1)N(C)C(=O)N(c1cc(NC(=O)c3cccc(C(F)(F)F)c3)ccc1C)C2. The number of benzene rings is 2. The molecule has 1 aliphatic rings. The number of aryl methyl sites for hydroxylation is 2. The number of hydrogen-bond acceptors (Lipinski definition) is 6. The van der Waals surface area contributed by atoms with Crippen LogP contribution in [0.2, 0.25) is 0 Å². The van der Waals surface area contributed by atoms with E-state index in [4.69, 9.17) is 0 Å². The highest BCUT2D eigenvalue weighted by molar-refractivity contribution is 6.07. The standard InChI is InChI=1S/C27H25F3N8O2/c1-4-38-22(10-11-32-38)34-25-31-14-18-15-37(26(40)36(3)23(18)35-25)21-13-20(9-8-16(21)2)33-24(39)17-6-5-7-19(12-17)27(28,29)30/h5-14H,4,15H2,1-3H3,(H,33,39)(H,31,34,35). The van der Waals surface area contributed by atoms with Crippen LogP contribution in [0.1, 0.15) is 34.0 Å². The van der Waals surface area contributed by atoms with Crippen LogP contribution in [0, 0.1) is 6.92 Å². The molecular weight excluding hydrogens is 525 g/mol. The molecule has 0 bridgehead atoms. The van der Waals surface area contributed by atoms with Crippen molar-refractivity contribution in [2.24, 2.45) is 0 Å². The summed E-state index contributed by atoms with van der Waals surface area (Å²) in [6, 6.07) is 10.6. The van der Waals surface area contributed by atoms with Crippen molar-refractivity contribution in [2.75, 3.05) is 27.5 Å². The van der Waals surface area contributed by atoms with E-state index in [9.17, 15) is 22.8 Å². The van der Waals surface area contributed by atoms with Gasteiger partial charge in [0.15, 0.2) is 0 Å². The maximum absolute atomic E-state index is 13.4. The quantitative estimate of drug-likeness (QED) is 0.324. The number of fused-ring (bicyclic) bond motifs is 1. The molecule has 0 aliphatic carbocycles. The number of urea groups is 1. The molecule has 2 aromatic heterocycles. The first kappa shape index (κ1) is 26.7. The maximum atomic E-state index is 13.4. The molecule has 3 heterocycles. The monoisotopic (exact) mass is 550 g/mol. The molecule has 10 nitrogen and oxygen atoms in total. The Bertz CT molecular complexity index is 1600. The molecule has 13 heteroatoms. The topological polar surface area (TPSA) is 108 Å². The lowest BCUT2D eigenvalue weighted by atomic mass is 10.1. The molecule has 0 saturated carbocycles. The Labute approximate surface area is 227 Å². The molecule has 0 fully saturated rings. The third kappa shape index (κ3) is 5.17. The van der Waals surface area contributed by atoms with Gasteiger partial charge in [0, 0.05) is 42.7 Å². The Kier molecular flexibility index (Phi) is 6.88. The Morgan fingerprint density at radius 2 is 1.93 bits per heavy atom. The summed E-state index contributed by atoms with van der Waals surface area (Å²) in [6.45, 7) is 4.61.